The van der Waals surface area contributed by atoms with Crippen LogP contribution in [0.25, 0.3) is 0 Å². The first kappa shape index (κ1) is 26.4. The Morgan fingerprint density at radius 3 is 2.39 bits per heavy atom. The van der Waals surface area contributed by atoms with Gasteiger partial charge in [-0.2, -0.15) is 5.10 Å². The standard InChI is InChI=1S/C29H35F2N5O2/c1-20(35-16-14-34(15-17-35)19-25(37)36-12-6-7-13-36)28(38)26-27(23-18-22(30)10-11-24(23)31)32-33-29(26,2)21-8-4-3-5-9-21/h3-5,8-11,18,20,26,33H,6-7,12-17,19H2,1-2H3. The third-order valence-electron chi connectivity index (χ3n) is 8.31. The zero-order valence-electron chi connectivity index (χ0n) is 22.0. The Labute approximate surface area is 222 Å². The normalized spacial score (nSPS) is 25.2. The number of amides is 1. The lowest BCUT2D eigenvalue weighted by atomic mass is 9.73. The van der Waals surface area contributed by atoms with Gasteiger partial charge in [-0.15, -0.1) is 0 Å². The summed E-state index contributed by atoms with van der Waals surface area (Å²) >= 11 is 0. The summed E-state index contributed by atoms with van der Waals surface area (Å²) in [7, 11) is 0. The molecule has 5 rings (SSSR count). The number of rotatable bonds is 7. The van der Waals surface area contributed by atoms with Crippen LogP contribution in [-0.4, -0.2) is 84.0 Å². The minimum atomic E-state index is -0.926. The second kappa shape index (κ2) is 10.9. The monoisotopic (exact) mass is 523 g/mol. The minimum absolute atomic E-state index is 0.00653. The molecule has 3 aliphatic heterocycles. The highest BCUT2D eigenvalue weighted by molar-refractivity contribution is 6.16. The topological polar surface area (TPSA) is 68.2 Å². The summed E-state index contributed by atoms with van der Waals surface area (Å²) in [5, 5.41) is 4.42. The van der Waals surface area contributed by atoms with Crippen molar-refractivity contribution in [3.8, 4) is 0 Å². The third-order valence-corrected chi connectivity index (χ3v) is 8.31. The number of carbonyl (C=O) groups excluding carboxylic acids is 2. The zero-order chi connectivity index (χ0) is 26.9. The predicted molar refractivity (Wildman–Crippen MR) is 142 cm³/mol. The molecule has 7 nitrogen and oxygen atoms in total. The summed E-state index contributed by atoms with van der Waals surface area (Å²) < 4.78 is 29.0. The van der Waals surface area contributed by atoms with Crippen LogP contribution in [0.5, 0.6) is 0 Å². The smallest absolute Gasteiger partial charge is 0.236 e. The fourth-order valence-electron chi connectivity index (χ4n) is 5.91. The van der Waals surface area contributed by atoms with E-state index < -0.39 is 29.1 Å². The number of ketones is 1. The van der Waals surface area contributed by atoms with E-state index in [1.54, 1.807) is 0 Å². The Hall–Kier alpha value is -3.17. The van der Waals surface area contributed by atoms with Crippen LogP contribution in [-0.2, 0) is 15.1 Å². The number of halogens is 2. The average Bonchev–Trinajstić information content (AvgIpc) is 3.59. The first-order chi connectivity index (χ1) is 18.3. The average molecular weight is 524 g/mol. The van der Waals surface area contributed by atoms with Crippen LogP contribution in [0.4, 0.5) is 8.78 Å². The molecule has 3 atom stereocenters. The van der Waals surface area contributed by atoms with Crippen molar-refractivity contribution < 1.29 is 18.4 Å². The van der Waals surface area contributed by atoms with Gasteiger partial charge in [0, 0.05) is 44.8 Å². The molecule has 3 unspecified atom stereocenters. The summed E-state index contributed by atoms with van der Waals surface area (Å²) in [6.07, 6.45) is 2.14. The van der Waals surface area contributed by atoms with Gasteiger partial charge in [0.25, 0.3) is 0 Å². The van der Waals surface area contributed by atoms with E-state index in [9.17, 15) is 18.4 Å². The highest BCUT2D eigenvalue weighted by atomic mass is 19.1. The van der Waals surface area contributed by atoms with Crippen LogP contribution in [0.1, 0.15) is 37.8 Å². The summed E-state index contributed by atoms with van der Waals surface area (Å²) in [5.74, 6) is -1.97. The van der Waals surface area contributed by atoms with Gasteiger partial charge in [-0.3, -0.25) is 24.8 Å². The van der Waals surface area contributed by atoms with Crippen LogP contribution in [0.15, 0.2) is 53.6 Å². The van der Waals surface area contributed by atoms with Gasteiger partial charge in [0.2, 0.25) is 5.91 Å². The van der Waals surface area contributed by atoms with E-state index in [4.69, 9.17) is 0 Å². The lowest BCUT2D eigenvalue weighted by molar-refractivity contribution is -0.133. The minimum Gasteiger partial charge on any atom is -0.342 e. The van der Waals surface area contributed by atoms with Crippen LogP contribution in [0.2, 0.25) is 0 Å². The number of piperazine rings is 1. The number of nitrogens with zero attached hydrogens (tertiary/aromatic N) is 4. The van der Waals surface area contributed by atoms with Crippen LogP contribution < -0.4 is 5.43 Å². The quantitative estimate of drug-likeness (QED) is 0.605. The molecule has 3 heterocycles. The number of likely N-dealkylation sites (tertiary alicyclic amines) is 1. The molecule has 202 valence electrons. The molecule has 1 amide bonds. The van der Waals surface area contributed by atoms with E-state index in [1.165, 1.54) is 0 Å². The number of nitrogens with one attached hydrogen (secondary N) is 1. The molecule has 3 aliphatic rings. The highest BCUT2D eigenvalue weighted by Crippen LogP contribution is 2.39. The predicted octanol–water partition coefficient (Wildman–Crippen LogP) is 3.00. The first-order valence-corrected chi connectivity index (χ1v) is 13.4. The van der Waals surface area contributed by atoms with Crippen LogP contribution in [0, 0.1) is 17.6 Å². The highest BCUT2D eigenvalue weighted by Gasteiger charge is 2.50. The van der Waals surface area contributed by atoms with E-state index >= 15 is 0 Å². The fourth-order valence-corrected chi connectivity index (χ4v) is 5.91. The molecule has 2 aromatic rings. The maximum atomic E-state index is 14.9. The number of hydrogen-bond donors (Lipinski definition) is 1. The van der Waals surface area contributed by atoms with Gasteiger partial charge in [0.15, 0.2) is 5.78 Å². The second-order valence-electron chi connectivity index (χ2n) is 10.7. The Bertz CT molecular complexity index is 1210. The Morgan fingerprint density at radius 2 is 1.71 bits per heavy atom. The molecule has 0 bridgehead atoms. The van der Waals surface area contributed by atoms with Gasteiger partial charge < -0.3 is 4.90 Å². The van der Waals surface area contributed by atoms with Gasteiger partial charge in [-0.05, 0) is 50.5 Å². The SMILES string of the molecule is CC(C(=O)C1C(c2cc(F)ccc2F)=NNC1(C)c1ccccc1)N1CCN(CC(=O)N2CCCC2)CC1. The number of Topliss-reactive ketones (excluding diaryl/α,β-unsaturated/α-hetero) is 1. The van der Waals surface area contributed by atoms with Gasteiger partial charge in [0.05, 0.1) is 29.8 Å². The van der Waals surface area contributed by atoms with Gasteiger partial charge in [-0.25, -0.2) is 8.78 Å². The number of benzene rings is 2. The van der Waals surface area contributed by atoms with Crippen molar-refractivity contribution >= 4 is 17.4 Å². The van der Waals surface area contributed by atoms with Gasteiger partial charge in [0.1, 0.15) is 11.6 Å². The number of hydrogen-bond acceptors (Lipinski definition) is 6. The van der Waals surface area contributed by atoms with Crippen molar-refractivity contribution in [1.29, 1.82) is 0 Å². The van der Waals surface area contributed by atoms with E-state index in [-0.39, 0.29) is 23.0 Å². The van der Waals surface area contributed by atoms with Crippen LogP contribution >= 0.6 is 0 Å². The molecule has 0 spiro atoms. The van der Waals surface area contributed by atoms with Gasteiger partial charge >= 0.3 is 0 Å². The lowest BCUT2D eigenvalue weighted by Crippen LogP contribution is -2.56. The molecule has 0 aliphatic carbocycles. The van der Waals surface area contributed by atoms with E-state index in [2.05, 4.69) is 20.3 Å². The summed E-state index contributed by atoms with van der Waals surface area (Å²) in [4.78, 5) is 33.0. The maximum Gasteiger partial charge on any atom is 0.236 e. The van der Waals surface area contributed by atoms with E-state index in [1.807, 2.05) is 49.1 Å². The Balaban J connectivity index is 1.34. The van der Waals surface area contributed by atoms with Crippen molar-refractivity contribution in [2.24, 2.45) is 11.0 Å². The maximum absolute atomic E-state index is 14.9. The first-order valence-electron chi connectivity index (χ1n) is 13.4. The molecule has 2 saturated heterocycles. The van der Waals surface area contributed by atoms with Crippen molar-refractivity contribution in [2.75, 3.05) is 45.8 Å². The molecule has 9 heteroatoms. The number of carbonyl (C=O) groups is 2. The van der Waals surface area contributed by atoms with Crippen molar-refractivity contribution in [3.63, 3.8) is 0 Å². The van der Waals surface area contributed by atoms with Crippen molar-refractivity contribution in [3.05, 3.63) is 71.3 Å². The van der Waals surface area contributed by atoms with Gasteiger partial charge in [-0.1, -0.05) is 30.3 Å². The molecular formula is C29H35F2N5O2. The molecule has 1 N–H and O–H groups in total. The van der Waals surface area contributed by atoms with E-state index in [0.717, 1.165) is 49.7 Å². The molecule has 2 fully saturated rings. The molecular weight excluding hydrogens is 488 g/mol. The lowest BCUT2D eigenvalue weighted by Gasteiger charge is -2.40. The fraction of sp³-hybridized carbons (Fsp3) is 0.483. The van der Waals surface area contributed by atoms with E-state index in [0.29, 0.717) is 32.7 Å². The molecule has 0 aromatic heterocycles. The third kappa shape index (κ3) is 5.09. The summed E-state index contributed by atoms with van der Waals surface area (Å²) in [6.45, 7) is 8.51. The Kier molecular flexibility index (Phi) is 7.59. The molecule has 0 saturated carbocycles. The van der Waals surface area contributed by atoms with Crippen molar-refractivity contribution in [1.82, 2.24) is 20.1 Å². The largest absolute Gasteiger partial charge is 0.342 e. The van der Waals surface area contributed by atoms with Crippen LogP contribution in [0.3, 0.4) is 0 Å². The Morgan fingerprint density at radius 1 is 1.03 bits per heavy atom. The molecule has 0 radical (unpaired) electrons. The molecule has 38 heavy (non-hydrogen) atoms. The number of hydrazone groups is 1. The second-order valence-corrected chi connectivity index (χ2v) is 10.7. The summed E-state index contributed by atoms with van der Waals surface area (Å²) in [6, 6.07) is 12.2. The zero-order valence-corrected chi connectivity index (χ0v) is 22.0. The van der Waals surface area contributed by atoms with Crippen molar-refractivity contribution in [2.45, 2.75) is 38.3 Å². The summed E-state index contributed by atoms with van der Waals surface area (Å²) in [5.41, 5.74) is 3.21. The molecule has 2 aromatic carbocycles.